The fourth-order valence-electron chi connectivity index (χ4n) is 8.66. The van der Waals surface area contributed by atoms with E-state index in [0.717, 1.165) is 83.3 Å². The molecule has 0 saturated heterocycles. The third kappa shape index (κ3) is 5.70. The van der Waals surface area contributed by atoms with Gasteiger partial charge in [-0.25, -0.2) is 15.0 Å². The molecule has 12 aromatic rings. The topological polar surface area (TPSA) is 51.8 Å². The minimum absolute atomic E-state index is 0.677. The van der Waals surface area contributed by atoms with Crippen molar-refractivity contribution >= 4 is 64.4 Å². The van der Waals surface area contributed by atoms with Crippen LogP contribution < -0.4 is 0 Å². The molecule has 0 spiro atoms. The minimum atomic E-state index is 0.677. The van der Waals surface area contributed by atoms with Crippen LogP contribution in [0.1, 0.15) is 0 Å². The van der Waals surface area contributed by atoms with Crippen molar-refractivity contribution in [2.45, 2.75) is 0 Å². The second-order valence-corrected chi connectivity index (χ2v) is 16.2. The molecule has 8 aromatic carbocycles. The molecule has 4 heterocycles. The van der Waals surface area contributed by atoms with Gasteiger partial charge in [0, 0.05) is 64.1 Å². The number of hydrogen-bond donors (Lipinski definition) is 0. The van der Waals surface area contributed by atoms with Gasteiger partial charge in [-0.1, -0.05) is 170 Å². The van der Waals surface area contributed by atoms with Crippen LogP contribution in [0.4, 0.5) is 0 Å². The summed E-state index contributed by atoms with van der Waals surface area (Å²) in [6.45, 7) is 0. The molecule has 0 aliphatic carbocycles. The molecular weight excluding hydrogens is 751 g/mol. The van der Waals surface area contributed by atoms with Gasteiger partial charge in [-0.2, -0.15) is 0 Å². The third-order valence-electron chi connectivity index (χ3n) is 11.5. The average molecular weight is 784 g/mol. The molecular formula is C55H33N3OS. The van der Waals surface area contributed by atoms with Crippen molar-refractivity contribution in [3.05, 3.63) is 200 Å². The lowest BCUT2D eigenvalue weighted by Crippen LogP contribution is -1.96. The van der Waals surface area contributed by atoms with E-state index in [9.17, 15) is 0 Å². The molecule has 12 rings (SSSR count). The Morgan fingerprint density at radius 3 is 1.77 bits per heavy atom. The Labute approximate surface area is 349 Å². The number of hydrogen-bond acceptors (Lipinski definition) is 5. The summed E-state index contributed by atoms with van der Waals surface area (Å²) < 4.78 is 9.35. The second-order valence-electron chi connectivity index (χ2n) is 15.1. The van der Waals surface area contributed by atoms with Crippen molar-refractivity contribution in [2.75, 3.05) is 0 Å². The Bertz CT molecular complexity index is 3550. The first-order valence-electron chi connectivity index (χ1n) is 20.1. The first kappa shape index (κ1) is 34.3. The summed E-state index contributed by atoms with van der Waals surface area (Å²) in [5.74, 6) is 0.677. The number of pyridine rings is 1. The van der Waals surface area contributed by atoms with Gasteiger partial charge in [-0.3, -0.25) is 0 Å². The maximum atomic E-state index is 6.75. The van der Waals surface area contributed by atoms with E-state index < -0.39 is 0 Å². The highest BCUT2D eigenvalue weighted by atomic mass is 32.1. The SMILES string of the molecule is c1ccc(-c2cc(-c3cccc(-c4nc5c(-c6cccc(-c7cccc8c7sc7ccccc78)c6)cccc5c5c4oc4ccccc45)c3)nc(-c3ccccc3)n2)cc1. The zero-order chi connectivity index (χ0) is 39.6. The van der Waals surface area contributed by atoms with E-state index in [1.54, 1.807) is 0 Å². The number of thiophene rings is 1. The maximum absolute atomic E-state index is 6.75. The molecule has 4 aromatic heterocycles. The number of nitrogens with zero attached hydrogens (tertiary/aromatic N) is 3. The van der Waals surface area contributed by atoms with Crippen LogP contribution in [0.15, 0.2) is 205 Å². The van der Waals surface area contributed by atoms with Crippen molar-refractivity contribution in [3.8, 4) is 67.4 Å². The Balaban J connectivity index is 1.05. The van der Waals surface area contributed by atoms with Gasteiger partial charge in [0.2, 0.25) is 0 Å². The molecule has 60 heavy (non-hydrogen) atoms. The highest BCUT2D eigenvalue weighted by molar-refractivity contribution is 7.26. The van der Waals surface area contributed by atoms with Crippen LogP contribution in [0, 0.1) is 0 Å². The molecule has 0 aliphatic heterocycles. The molecule has 0 unspecified atom stereocenters. The Morgan fingerprint density at radius 1 is 0.383 bits per heavy atom. The van der Waals surface area contributed by atoms with Crippen LogP contribution in [0.3, 0.4) is 0 Å². The summed E-state index contributed by atoms with van der Waals surface area (Å²) in [5, 5.41) is 5.77. The van der Waals surface area contributed by atoms with Crippen molar-refractivity contribution in [3.63, 3.8) is 0 Å². The van der Waals surface area contributed by atoms with Gasteiger partial charge in [0.25, 0.3) is 0 Å². The molecule has 0 fully saturated rings. The molecule has 5 heteroatoms. The molecule has 0 aliphatic rings. The van der Waals surface area contributed by atoms with E-state index >= 15 is 0 Å². The molecule has 0 amide bonds. The lowest BCUT2D eigenvalue weighted by molar-refractivity contribution is 0.669. The molecule has 0 atom stereocenters. The highest BCUT2D eigenvalue weighted by Crippen LogP contribution is 2.44. The van der Waals surface area contributed by atoms with Gasteiger partial charge in [0.05, 0.1) is 16.9 Å². The lowest BCUT2D eigenvalue weighted by atomic mass is 9.94. The number of rotatable bonds is 6. The predicted octanol–water partition coefficient (Wildman–Crippen LogP) is 15.3. The van der Waals surface area contributed by atoms with E-state index in [4.69, 9.17) is 19.4 Å². The second kappa shape index (κ2) is 14.0. The zero-order valence-corrected chi connectivity index (χ0v) is 33.0. The van der Waals surface area contributed by atoms with E-state index in [1.165, 1.54) is 31.3 Å². The van der Waals surface area contributed by atoms with Crippen LogP contribution >= 0.6 is 11.3 Å². The van der Waals surface area contributed by atoms with Gasteiger partial charge < -0.3 is 4.42 Å². The standard InChI is InChI=1S/C55H33N3OS/c1-3-15-34(16-4-1)46-33-47(57-55(56-46)35-17-5-2-6-18-35)38-21-12-22-39(32-38)51-53-50(44-24-7-9-29-48(44)59-53)45-28-13-25-40(52(45)58-51)36-19-11-20-37(31-36)41-26-14-27-43-42-23-8-10-30-49(42)60-54(41)43/h1-33H. The number of para-hydroxylation sites is 2. The molecule has 4 nitrogen and oxygen atoms in total. The number of furan rings is 1. The minimum Gasteiger partial charge on any atom is -0.454 e. The maximum Gasteiger partial charge on any atom is 0.162 e. The van der Waals surface area contributed by atoms with Gasteiger partial charge >= 0.3 is 0 Å². The van der Waals surface area contributed by atoms with Crippen molar-refractivity contribution < 1.29 is 4.42 Å². The fraction of sp³-hybridized carbons (Fsp3) is 0. The van der Waals surface area contributed by atoms with Gasteiger partial charge in [-0.05, 0) is 47.0 Å². The van der Waals surface area contributed by atoms with Crippen LogP contribution in [0.5, 0.6) is 0 Å². The first-order valence-corrected chi connectivity index (χ1v) is 20.9. The summed E-state index contributed by atoms with van der Waals surface area (Å²) in [4.78, 5) is 15.7. The highest BCUT2D eigenvalue weighted by Gasteiger charge is 2.21. The van der Waals surface area contributed by atoms with Crippen molar-refractivity contribution in [1.82, 2.24) is 15.0 Å². The van der Waals surface area contributed by atoms with Crippen LogP contribution in [0.25, 0.3) is 120 Å². The van der Waals surface area contributed by atoms with Crippen LogP contribution in [-0.4, -0.2) is 15.0 Å². The third-order valence-corrected chi connectivity index (χ3v) is 12.7. The van der Waals surface area contributed by atoms with E-state index in [0.29, 0.717) is 5.82 Å². The van der Waals surface area contributed by atoms with Crippen molar-refractivity contribution in [1.29, 1.82) is 0 Å². The van der Waals surface area contributed by atoms with Crippen molar-refractivity contribution in [2.24, 2.45) is 0 Å². The van der Waals surface area contributed by atoms with Gasteiger partial charge in [-0.15, -0.1) is 11.3 Å². The summed E-state index contributed by atoms with van der Waals surface area (Å²) >= 11 is 1.86. The summed E-state index contributed by atoms with van der Waals surface area (Å²) in [6.07, 6.45) is 0. The normalized spacial score (nSPS) is 11.7. The Kier molecular flexibility index (Phi) is 8.00. The molecule has 0 radical (unpaired) electrons. The largest absolute Gasteiger partial charge is 0.454 e. The van der Waals surface area contributed by atoms with Gasteiger partial charge in [0.15, 0.2) is 11.4 Å². The predicted molar refractivity (Wildman–Crippen MR) is 250 cm³/mol. The molecule has 0 N–H and O–H groups in total. The number of benzene rings is 8. The van der Waals surface area contributed by atoms with E-state index in [1.807, 2.05) is 59.9 Å². The van der Waals surface area contributed by atoms with Crippen LogP contribution in [0.2, 0.25) is 0 Å². The molecule has 0 saturated carbocycles. The number of aromatic nitrogens is 3. The Morgan fingerprint density at radius 2 is 0.950 bits per heavy atom. The molecule has 0 bridgehead atoms. The smallest absolute Gasteiger partial charge is 0.162 e. The van der Waals surface area contributed by atoms with E-state index in [2.05, 4.69) is 152 Å². The average Bonchev–Trinajstić information content (AvgIpc) is 3.91. The summed E-state index contributed by atoms with van der Waals surface area (Å²) in [5.41, 5.74) is 13.5. The molecule has 280 valence electrons. The zero-order valence-electron chi connectivity index (χ0n) is 32.2. The van der Waals surface area contributed by atoms with Crippen LogP contribution in [-0.2, 0) is 0 Å². The quantitative estimate of drug-likeness (QED) is 0.169. The number of fused-ring (bicyclic) bond motifs is 8. The van der Waals surface area contributed by atoms with Gasteiger partial charge in [0.1, 0.15) is 11.3 Å². The summed E-state index contributed by atoms with van der Waals surface area (Å²) in [6, 6.07) is 70.1. The fourth-order valence-corrected chi connectivity index (χ4v) is 9.90. The lowest BCUT2D eigenvalue weighted by Gasteiger charge is -2.13. The van der Waals surface area contributed by atoms with E-state index in [-0.39, 0.29) is 0 Å². The first-order chi connectivity index (χ1) is 29.7. The monoisotopic (exact) mass is 783 g/mol. The summed E-state index contributed by atoms with van der Waals surface area (Å²) in [7, 11) is 0. The Hall–Kier alpha value is -7.73.